The maximum absolute atomic E-state index is 5.95. The van der Waals surface area contributed by atoms with Crippen molar-refractivity contribution in [2.24, 2.45) is 0 Å². The van der Waals surface area contributed by atoms with Crippen LogP contribution in [0.15, 0.2) is 83.5 Å². The monoisotopic (exact) mass is 356 g/mol. The third kappa shape index (κ3) is 4.72. The third-order valence-corrected chi connectivity index (χ3v) is 5.64. The molecule has 0 unspecified atom stereocenters. The highest BCUT2D eigenvalue weighted by atomic mass is 16.5. The first-order valence-corrected chi connectivity index (χ1v) is 9.79. The summed E-state index contributed by atoms with van der Waals surface area (Å²) in [6.07, 6.45) is 7.16. The molecule has 0 heterocycles. The Labute approximate surface area is 163 Å². The molecule has 0 radical (unpaired) electrons. The molecule has 0 N–H and O–H groups in total. The molecule has 0 bridgehead atoms. The average Bonchev–Trinajstić information content (AvgIpc) is 2.71. The Bertz CT molecular complexity index is 909. The first kappa shape index (κ1) is 19.1. The van der Waals surface area contributed by atoms with Crippen molar-refractivity contribution in [3.8, 4) is 5.75 Å². The number of benzene rings is 2. The van der Waals surface area contributed by atoms with Crippen LogP contribution in [0, 0.1) is 6.92 Å². The summed E-state index contributed by atoms with van der Waals surface area (Å²) in [5, 5.41) is 0. The van der Waals surface area contributed by atoms with E-state index in [9.17, 15) is 0 Å². The molecule has 1 heteroatoms. The number of rotatable bonds is 7. The van der Waals surface area contributed by atoms with E-state index in [1.54, 1.807) is 0 Å². The molecule has 138 valence electrons. The molecule has 0 spiro atoms. The van der Waals surface area contributed by atoms with Crippen LogP contribution in [0.3, 0.4) is 0 Å². The molecule has 1 aliphatic rings. The van der Waals surface area contributed by atoms with Gasteiger partial charge in [0.25, 0.3) is 0 Å². The fourth-order valence-electron chi connectivity index (χ4n) is 3.20. The molecular weight excluding hydrogens is 328 g/mol. The highest BCUT2D eigenvalue weighted by Gasteiger charge is 2.21. The van der Waals surface area contributed by atoms with E-state index in [2.05, 4.69) is 81.6 Å². The van der Waals surface area contributed by atoms with Gasteiger partial charge in [0.2, 0.25) is 0 Å². The Morgan fingerprint density at radius 3 is 2.07 bits per heavy atom. The Morgan fingerprint density at radius 2 is 1.52 bits per heavy atom. The minimum Gasteiger partial charge on any atom is -0.448 e. The predicted octanol–water partition coefficient (Wildman–Crippen LogP) is 6.83. The van der Waals surface area contributed by atoms with Crippen LogP contribution in [0.25, 0.3) is 0 Å². The zero-order valence-electron chi connectivity index (χ0n) is 16.8. The Kier molecular flexibility index (Phi) is 5.87. The Hall–Kier alpha value is -2.72. The van der Waals surface area contributed by atoms with Crippen molar-refractivity contribution in [3.05, 3.63) is 100 Å². The van der Waals surface area contributed by atoms with E-state index in [1.165, 1.54) is 16.7 Å². The van der Waals surface area contributed by atoms with E-state index in [-0.39, 0.29) is 5.41 Å². The van der Waals surface area contributed by atoms with Crippen LogP contribution in [-0.4, -0.2) is 0 Å². The lowest BCUT2D eigenvalue weighted by Crippen LogP contribution is -2.19. The van der Waals surface area contributed by atoms with Crippen molar-refractivity contribution < 1.29 is 4.74 Å². The molecule has 0 amide bonds. The smallest absolute Gasteiger partial charge is 0.177 e. The number of allylic oxidation sites excluding steroid dienone is 3. The van der Waals surface area contributed by atoms with E-state index < -0.39 is 0 Å². The van der Waals surface area contributed by atoms with Gasteiger partial charge in [-0.15, -0.1) is 0 Å². The number of hydrogen-bond acceptors (Lipinski definition) is 1. The third-order valence-electron chi connectivity index (χ3n) is 5.64. The van der Waals surface area contributed by atoms with Gasteiger partial charge in [0.05, 0.1) is 0 Å². The Balaban J connectivity index is 1.71. The fourth-order valence-corrected chi connectivity index (χ4v) is 3.20. The molecule has 0 saturated heterocycles. The van der Waals surface area contributed by atoms with Gasteiger partial charge in [-0.05, 0) is 66.3 Å². The topological polar surface area (TPSA) is 9.23 Å². The number of ether oxygens (including phenoxy) is 1. The second-order valence-corrected chi connectivity index (χ2v) is 7.53. The van der Waals surface area contributed by atoms with Crippen LogP contribution in [-0.2, 0) is 11.8 Å². The second kappa shape index (κ2) is 8.31. The summed E-state index contributed by atoms with van der Waals surface area (Å²) in [4.78, 5) is 0. The molecule has 0 aromatic heterocycles. The zero-order valence-corrected chi connectivity index (χ0v) is 16.8. The first-order chi connectivity index (χ1) is 13.0. The van der Waals surface area contributed by atoms with Gasteiger partial charge in [0.15, 0.2) is 5.76 Å². The summed E-state index contributed by atoms with van der Waals surface area (Å²) in [5.41, 5.74) is 11.6. The molecule has 0 fully saturated rings. The SMILES string of the molecule is CCC(C)(CC)c1ccc(OC2=C=C=C(Cc3ccc(C)cc3)C=C2)cc1. The van der Waals surface area contributed by atoms with Gasteiger partial charge in [-0.3, -0.25) is 0 Å². The molecule has 2 aromatic carbocycles. The van der Waals surface area contributed by atoms with Crippen molar-refractivity contribution in [3.63, 3.8) is 0 Å². The summed E-state index contributed by atoms with van der Waals surface area (Å²) < 4.78 is 5.95. The van der Waals surface area contributed by atoms with Crippen molar-refractivity contribution >= 4 is 0 Å². The van der Waals surface area contributed by atoms with Crippen LogP contribution in [0.1, 0.15) is 50.3 Å². The van der Waals surface area contributed by atoms with E-state index in [0.717, 1.165) is 30.6 Å². The van der Waals surface area contributed by atoms with Gasteiger partial charge in [0, 0.05) is 12.0 Å². The van der Waals surface area contributed by atoms with Crippen molar-refractivity contribution in [1.82, 2.24) is 0 Å². The minimum absolute atomic E-state index is 0.232. The predicted molar refractivity (Wildman–Crippen MR) is 113 cm³/mol. The van der Waals surface area contributed by atoms with Crippen molar-refractivity contribution in [2.75, 3.05) is 0 Å². The van der Waals surface area contributed by atoms with E-state index >= 15 is 0 Å². The van der Waals surface area contributed by atoms with Crippen LogP contribution >= 0.6 is 0 Å². The lowest BCUT2D eigenvalue weighted by Gasteiger charge is -2.27. The maximum Gasteiger partial charge on any atom is 0.177 e. The van der Waals surface area contributed by atoms with Gasteiger partial charge in [-0.1, -0.05) is 68.5 Å². The summed E-state index contributed by atoms with van der Waals surface area (Å²) >= 11 is 0. The standard InChI is InChI=1S/C26H28O/c1-5-26(4,6-2)23-13-17-25(18-14-23)27-24-15-11-22(12-16-24)19-21-9-7-20(3)8-10-21/h7-11,13-15,17-18H,5-6,19H2,1-4H3. The largest absolute Gasteiger partial charge is 0.448 e. The summed E-state index contributed by atoms with van der Waals surface area (Å²) in [6, 6.07) is 17.1. The lowest BCUT2D eigenvalue weighted by atomic mass is 9.78. The quantitative estimate of drug-likeness (QED) is 0.494. The van der Waals surface area contributed by atoms with Crippen LogP contribution in [0.4, 0.5) is 0 Å². The fraction of sp³-hybridized carbons (Fsp3) is 0.308. The molecule has 0 atom stereocenters. The normalized spacial score (nSPS) is 13.3. The van der Waals surface area contributed by atoms with Crippen LogP contribution < -0.4 is 4.74 Å². The van der Waals surface area contributed by atoms with Gasteiger partial charge in [0.1, 0.15) is 5.75 Å². The lowest BCUT2D eigenvalue weighted by molar-refractivity contribution is 0.431. The van der Waals surface area contributed by atoms with Crippen LogP contribution in [0.2, 0.25) is 0 Å². The molecule has 0 aliphatic heterocycles. The Morgan fingerprint density at radius 1 is 0.852 bits per heavy atom. The average molecular weight is 357 g/mol. The summed E-state index contributed by atoms with van der Waals surface area (Å²) in [7, 11) is 0. The van der Waals surface area contributed by atoms with E-state index in [1.807, 2.05) is 18.2 Å². The molecule has 3 rings (SSSR count). The van der Waals surface area contributed by atoms with Crippen LogP contribution in [0.5, 0.6) is 5.75 Å². The molecule has 1 aliphatic carbocycles. The molecule has 0 saturated carbocycles. The van der Waals surface area contributed by atoms with Gasteiger partial charge >= 0.3 is 0 Å². The maximum atomic E-state index is 5.95. The number of aryl methyl sites for hydroxylation is 1. The summed E-state index contributed by atoms with van der Waals surface area (Å²) in [5.74, 6) is 1.54. The van der Waals surface area contributed by atoms with Gasteiger partial charge in [-0.2, -0.15) is 0 Å². The summed E-state index contributed by atoms with van der Waals surface area (Å²) in [6.45, 7) is 8.92. The highest BCUT2D eigenvalue weighted by molar-refractivity contribution is 5.38. The second-order valence-electron chi connectivity index (χ2n) is 7.53. The van der Waals surface area contributed by atoms with Gasteiger partial charge in [-0.25, -0.2) is 0 Å². The minimum atomic E-state index is 0.232. The molecule has 2 aromatic rings. The zero-order chi connectivity index (χ0) is 19.3. The number of hydrogen-bond donors (Lipinski definition) is 0. The molecular formula is C26H28O. The van der Waals surface area contributed by atoms with E-state index in [0.29, 0.717) is 5.76 Å². The van der Waals surface area contributed by atoms with E-state index in [4.69, 9.17) is 4.74 Å². The van der Waals surface area contributed by atoms with Crippen molar-refractivity contribution in [1.29, 1.82) is 0 Å². The first-order valence-electron chi connectivity index (χ1n) is 9.79. The van der Waals surface area contributed by atoms with Crippen molar-refractivity contribution in [2.45, 2.75) is 52.4 Å². The molecule has 1 nitrogen and oxygen atoms in total. The van der Waals surface area contributed by atoms with Gasteiger partial charge < -0.3 is 4.74 Å². The molecule has 27 heavy (non-hydrogen) atoms. The highest BCUT2D eigenvalue weighted by Crippen LogP contribution is 2.32.